The van der Waals surface area contributed by atoms with Crippen molar-refractivity contribution < 1.29 is 9.53 Å². The maximum Gasteiger partial charge on any atom is 0.262 e. The molecular weight excluding hydrogens is 434 g/mol. The summed E-state index contributed by atoms with van der Waals surface area (Å²) in [4.78, 5) is 30.5. The van der Waals surface area contributed by atoms with Crippen molar-refractivity contribution in [2.24, 2.45) is 16.7 Å². The number of carbonyl (C=O) groups is 1. The van der Waals surface area contributed by atoms with E-state index in [2.05, 4.69) is 31.1 Å². The molecule has 2 aliphatic rings. The molecule has 2 fully saturated rings. The topological polar surface area (TPSA) is 73.2 Å². The highest BCUT2D eigenvalue weighted by Gasteiger charge is 2.61. The zero-order valence-electron chi connectivity index (χ0n) is 18.5. The molecule has 3 atom stereocenters. The Bertz CT molecular complexity index is 1070. The molecule has 0 saturated heterocycles. The van der Waals surface area contributed by atoms with E-state index in [9.17, 15) is 9.59 Å². The lowest BCUT2D eigenvalue weighted by molar-refractivity contribution is -0.120. The van der Waals surface area contributed by atoms with Gasteiger partial charge in [-0.15, -0.1) is 0 Å². The quantitative estimate of drug-likeness (QED) is 0.494. The Labute approximate surface area is 192 Å². The number of nitrogens with zero attached hydrogens (tertiary/aromatic N) is 2. The minimum atomic E-state index is -0.149. The molecule has 2 aliphatic carbocycles. The Hall–Kier alpha value is -1.57. The molecule has 2 saturated carbocycles. The van der Waals surface area contributed by atoms with Crippen LogP contribution in [0, 0.1) is 16.7 Å². The molecule has 0 aliphatic heterocycles. The third-order valence-corrected chi connectivity index (χ3v) is 9.07. The zero-order chi connectivity index (χ0) is 22.4. The summed E-state index contributed by atoms with van der Waals surface area (Å²) in [7, 11) is 1.59. The van der Waals surface area contributed by atoms with E-state index in [4.69, 9.17) is 16.3 Å². The fourth-order valence-electron chi connectivity index (χ4n) is 5.45. The van der Waals surface area contributed by atoms with Gasteiger partial charge < -0.3 is 10.1 Å². The number of ether oxygens (including phenoxy) is 1. The molecule has 2 aromatic rings. The number of rotatable bonds is 7. The van der Waals surface area contributed by atoms with Gasteiger partial charge in [-0.25, -0.2) is 4.98 Å². The summed E-state index contributed by atoms with van der Waals surface area (Å²) in [5, 5.41) is 4.81. The van der Waals surface area contributed by atoms with Gasteiger partial charge in [0.1, 0.15) is 0 Å². The fraction of sp³-hybridized carbons (Fsp3) is 0.609. The molecule has 1 aromatic carbocycles. The minimum absolute atomic E-state index is 0.0155. The second-order valence-corrected chi connectivity index (χ2v) is 10.9. The molecule has 8 heteroatoms. The van der Waals surface area contributed by atoms with Crippen LogP contribution in [0.1, 0.15) is 40.0 Å². The van der Waals surface area contributed by atoms with Crippen molar-refractivity contribution in [1.82, 2.24) is 14.9 Å². The Morgan fingerprint density at radius 2 is 2.16 bits per heavy atom. The minimum Gasteiger partial charge on any atom is -0.383 e. The van der Waals surface area contributed by atoms with Crippen LogP contribution in [0.15, 0.2) is 28.2 Å². The second-order valence-electron chi connectivity index (χ2n) is 9.52. The molecule has 3 unspecified atom stereocenters. The van der Waals surface area contributed by atoms with Gasteiger partial charge in [-0.3, -0.25) is 14.2 Å². The maximum atomic E-state index is 13.0. The van der Waals surface area contributed by atoms with Crippen LogP contribution in [0.5, 0.6) is 0 Å². The number of methoxy groups -OCH3 is 1. The normalized spacial score (nSPS) is 26.5. The van der Waals surface area contributed by atoms with E-state index in [0.29, 0.717) is 40.2 Å². The molecule has 1 amide bonds. The molecule has 4 rings (SSSR count). The second kappa shape index (κ2) is 8.41. The summed E-state index contributed by atoms with van der Waals surface area (Å²) >= 11 is 7.38. The number of benzene rings is 1. The van der Waals surface area contributed by atoms with Crippen molar-refractivity contribution in [1.29, 1.82) is 0 Å². The van der Waals surface area contributed by atoms with Crippen molar-refractivity contribution in [3.8, 4) is 0 Å². The predicted octanol–water partition coefficient (Wildman–Crippen LogP) is 4.12. The van der Waals surface area contributed by atoms with Gasteiger partial charge in [-0.2, -0.15) is 0 Å². The third-order valence-electron chi connectivity index (χ3n) is 7.86. The standard InChI is InChI=1S/C23H30ClN3O3S/c1-22(2)14-7-8-23(22,3)18(11-14)26-19(28)13-31-21-25-17-12-15(24)5-6-16(17)20(29)27(21)9-10-30-4/h5-6,12,14,18H,7-11,13H2,1-4H3,(H,26,28). The number of thioether (sulfide) groups is 1. The van der Waals surface area contributed by atoms with E-state index in [0.717, 1.165) is 12.8 Å². The largest absolute Gasteiger partial charge is 0.383 e. The van der Waals surface area contributed by atoms with Gasteiger partial charge in [-0.05, 0) is 54.2 Å². The Morgan fingerprint density at radius 3 is 2.81 bits per heavy atom. The first-order valence-corrected chi connectivity index (χ1v) is 12.1. The summed E-state index contributed by atoms with van der Waals surface area (Å²) in [5.74, 6) is 0.864. The first-order chi connectivity index (χ1) is 14.7. The van der Waals surface area contributed by atoms with Crippen molar-refractivity contribution >= 4 is 40.2 Å². The van der Waals surface area contributed by atoms with E-state index in [-0.39, 0.29) is 34.1 Å². The average Bonchev–Trinajstić information content (AvgIpc) is 3.05. The van der Waals surface area contributed by atoms with Crippen LogP contribution in [0.4, 0.5) is 0 Å². The molecule has 0 radical (unpaired) electrons. The molecule has 31 heavy (non-hydrogen) atoms. The monoisotopic (exact) mass is 463 g/mol. The smallest absolute Gasteiger partial charge is 0.262 e. The highest BCUT2D eigenvalue weighted by Crippen LogP contribution is 2.65. The van der Waals surface area contributed by atoms with Crippen molar-refractivity contribution in [3.05, 3.63) is 33.6 Å². The molecule has 0 spiro atoms. The fourth-order valence-corrected chi connectivity index (χ4v) is 6.45. The summed E-state index contributed by atoms with van der Waals surface area (Å²) < 4.78 is 6.75. The molecule has 1 aromatic heterocycles. The van der Waals surface area contributed by atoms with E-state index >= 15 is 0 Å². The zero-order valence-corrected chi connectivity index (χ0v) is 20.1. The van der Waals surface area contributed by atoms with Gasteiger partial charge in [0.15, 0.2) is 5.16 Å². The van der Waals surface area contributed by atoms with Crippen molar-refractivity contribution in [3.63, 3.8) is 0 Å². The first-order valence-electron chi connectivity index (χ1n) is 10.8. The average molecular weight is 464 g/mol. The number of hydrogen-bond acceptors (Lipinski definition) is 5. The van der Waals surface area contributed by atoms with Crippen molar-refractivity contribution in [2.75, 3.05) is 19.5 Å². The Balaban J connectivity index is 1.52. The van der Waals surface area contributed by atoms with Crippen LogP contribution in [-0.4, -0.2) is 41.0 Å². The highest BCUT2D eigenvalue weighted by molar-refractivity contribution is 7.99. The van der Waals surface area contributed by atoms with Crippen LogP contribution in [0.3, 0.4) is 0 Å². The molecule has 1 N–H and O–H groups in total. The summed E-state index contributed by atoms with van der Waals surface area (Å²) in [6.07, 6.45) is 3.46. The summed E-state index contributed by atoms with van der Waals surface area (Å²) in [6.45, 7) is 7.75. The molecule has 2 bridgehead atoms. The number of carbonyl (C=O) groups excluding carboxylic acids is 1. The maximum absolute atomic E-state index is 13.0. The van der Waals surface area contributed by atoms with E-state index in [1.165, 1.54) is 18.2 Å². The number of nitrogens with one attached hydrogen (secondary N) is 1. The van der Waals surface area contributed by atoms with E-state index in [1.54, 1.807) is 29.9 Å². The number of amides is 1. The van der Waals surface area contributed by atoms with Gasteiger partial charge in [0.25, 0.3) is 5.56 Å². The number of aromatic nitrogens is 2. The summed E-state index contributed by atoms with van der Waals surface area (Å²) in [6, 6.07) is 5.26. The van der Waals surface area contributed by atoms with Crippen LogP contribution in [-0.2, 0) is 16.1 Å². The van der Waals surface area contributed by atoms with Gasteiger partial charge in [0, 0.05) is 18.2 Å². The number of halogens is 1. The Morgan fingerprint density at radius 1 is 1.39 bits per heavy atom. The van der Waals surface area contributed by atoms with Crippen LogP contribution in [0.2, 0.25) is 5.02 Å². The lowest BCUT2D eigenvalue weighted by Gasteiger charge is -2.39. The van der Waals surface area contributed by atoms with Crippen LogP contribution in [0.25, 0.3) is 10.9 Å². The van der Waals surface area contributed by atoms with E-state index < -0.39 is 0 Å². The van der Waals surface area contributed by atoms with Gasteiger partial charge in [-0.1, -0.05) is 44.1 Å². The lowest BCUT2D eigenvalue weighted by atomic mass is 9.69. The van der Waals surface area contributed by atoms with Gasteiger partial charge in [0.05, 0.1) is 29.8 Å². The molecular formula is C23H30ClN3O3S. The van der Waals surface area contributed by atoms with Crippen LogP contribution < -0.4 is 10.9 Å². The lowest BCUT2D eigenvalue weighted by Crippen LogP contribution is -2.47. The first kappa shape index (κ1) is 22.6. The molecule has 168 valence electrons. The van der Waals surface area contributed by atoms with Gasteiger partial charge in [0.2, 0.25) is 5.91 Å². The Kier molecular flexibility index (Phi) is 6.14. The van der Waals surface area contributed by atoms with Crippen molar-refractivity contribution in [2.45, 2.75) is 57.8 Å². The number of fused-ring (bicyclic) bond motifs is 3. The SMILES string of the molecule is COCCn1c(SCC(=O)NC2CC3CCC2(C)C3(C)C)nc2cc(Cl)ccc2c1=O. The number of hydrogen-bond donors (Lipinski definition) is 1. The highest BCUT2D eigenvalue weighted by atomic mass is 35.5. The molecule has 1 heterocycles. The van der Waals surface area contributed by atoms with Crippen LogP contribution >= 0.6 is 23.4 Å². The molecule has 6 nitrogen and oxygen atoms in total. The predicted molar refractivity (Wildman–Crippen MR) is 125 cm³/mol. The van der Waals surface area contributed by atoms with E-state index in [1.807, 2.05) is 0 Å². The third kappa shape index (κ3) is 3.89. The van der Waals surface area contributed by atoms with Gasteiger partial charge >= 0.3 is 0 Å². The summed E-state index contributed by atoms with van der Waals surface area (Å²) in [5.41, 5.74) is 0.773.